The third-order valence-electron chi connectivity index (χ3n) is 5.26. The van der Waals surface area contributed by atoms with E-state index in [0.717, 1.165) is 30.7 Å². The number of pyridine rings is 1. The van der Waals surface area contributed by atoms with Gasteiger partial charge < -0.3 is 20.6 Å². The van der Waals surface area contributed by atoms with E-state index in [9.17, 15) is 9.90 Å². The van der Waals surface area contributed by atoms with E-state index in [4.69, 9.17) is 0 Å². The molecule has 2 unspecified atom stereocenters. The van der Waals surface area contributed by atoms with Gasteiger partial charge >= 0.3 is 0 Å². The van der Waals surface area contributed by atoms with Crippen LogP contribution in [0.15, 0.2) is 24.5 Å². The van der Waals surface area contributed by atoms with Crippen molar-refractivity contribution < 1.29 is 9.90 Å². The number of carbonyl (C=O) groups is 1. The summed E-state index contributed by atoms with van der Waals surface area (Å²) in [6.45, 7) is 2.72. The largest absolute Gasteiger partial charge is 0.356 e. The summed E-state index contributed by atoms with van der Waals surface area (Å²) in [4.78, 5) is 13.2. The number of anilines is 1. The molecule has 1 amide bonds. The number of fused-ring (bicyclic) bond motifs is 1. The molecular weight excluding hydrogens is 318 g/mol. The lowest BCUT2D eigenvalue weighted by Crippen LogP contribution is -2.54. The Hall–Kier alpha value is -2.12. The maximum absolute atomic E-state index is 11.4. The number of aromatic nitrogens is 2. The summed E-state index contributed by atoms with van der Waals surface area (Å²) < 4.78 is 1.83. The van der Waals surface area contributed by atoms with Crippen LogP contribution in [-0.2, 0) is 11.2 Å². The Balaban J connectivity index is 1.58. The standard InChI is InChI=1S/C18H25N5O2/c24-17-5-8-22(18(25)21-17)16-12-20-23-9-4-14(11-15(16)23)10-13-2-1-6-19-7-3-13/h4,9,11-13,18-19,25H,1-3,5-8,10H2,(H,21,24). The summed E-state index contributed by atoms with van der Waals surface area (Å²) in [5.41, 5.74) is 3.13. The number of amides is 1. The van der Waals surface area contributed by atoms with E-state index in [0.29, 0.717) is 18.9 Å². The van der Waals surface area contributed by atoms with Gasteiger partial charge in [-0.2, -0.15) is 5.10 Å². The quantitative estimate of drug-likeness (QED) is 0.770. The Kier molecular flexibility index (Phi) is 4.59. The molecule has 2 saturated heterocycles. The van der Waals surface area contributed by atoms with Crippen LogP contribution in [0.3, 0.4) is 0 Å². The topological polar surface area (TPSA) is 81.9 Å². The van der Waals surface area contributed by atoms with E-state index in [2.05, 4.69) is 27.9 Å². The fraction of sp³-hybridized carbons (Fsp3) is 0.556. The van der Waals surface area contributed by atoms with Crippen LogP contribution in [0.4, 0.5) is 5.69 Å². The fourth-order valence-corrected chi connectivity index (χ4v) is 3.88. The average Bonchev–Trinajstić information content (AvgIpc) is 2.83. The molecule has 7 nitrogen and oxygen atoms in total. The van der Waals surface area contributed by atoms with E-state index in [-0.39, 0.29) is 5.91 Å². The molecule has 2 aromatic rings. The second kappa shape index (κ2) is 7.01. The molecule has 3 N–H and O–H groups in total. The third-order valence-corrected chi connectivity index (χ3v) is 5.26. The normalized spacial score (nSPS) is 25.0. The van der Waals surface area contributed by atoms with Gasteiger partial charge in [0.05, 0.1) is 17.4 Å². The lowest BCUT2D eigenvalue weighted by Gasteiger charge is -2.33. The number of aliphatic hydroxyl groups is 1. The monoisotopic (exact) mass is 343 g/mol. The van der Waals surface area contributed by atoms with E-state index in [1.54, 1.807) is 11.1 Å². The maximum atomic E-state index is 11.4. The van der Waals surface area contributed by atoms with Gasteiger partial charge in [-0.1, -0.05) is 0 Å². The molecule has 0 aliphatic carbocycles. The van der Waals surface area contributed by atoms with Gasteiger partial charge in [-0.3, -0.25) is 4.79 Å². The first-order chi connectivity index (χ1) is 12.2. The summed E-state index contributed by atoms with van der Waals surface area (Å²) in [7, 11) is 0. The SMILES string of the molecule is O=C1CCN(c2cnn3ccc(CC4CCCNCC4)cc23)C(O)N1. The van der Waals surface area contributed by atoms with Crippen molar-refractivity contribution in [2.75, 3.05) is 24.5 Å². The minimum absolute atomic E-state index is 0.122. The van der Waals surface area contributed by atoms with Crippen molar-refractivity contribution >= 4 is 17.1 Å². The van der Waals surface area contributed by atoms with Crippen molar-refractivity contribution in [2.24, 2.45) is 5.92 Å². The van der Waals surface area contributed by atoms with E-state index >= 15 is 0 Å². The van der Waals surface area contributed by atoms with Crippen molar-refractivity contribution in [3.8, 4) is 0 Å². The summed E-state index contributed by atoms with van der Waals surface area (Å²) in [6.07, 6.45) is 7.92. The molecule has 2 aliphatic rings. The first-order valence-corrected chi connectivity index (χ1v) is 9.12. The molecule has 0 radical (unpaired) electrons. The highest BCUT2D eigenvalue weighted by atomic mass is 16.3. The summed E-state index contributed by atoms with van der Waals surface area (Å²) in [5.74, 6) is 0.589. The first-order valence-electron chi connectivity index (χ1n) is 9.12. The van der Waals surface area contributed by atoms with Crippen LogP contribution in [-0.4, -0.2) is 46.6 Å². The van der Waals surface area contributed by atoms with Crippen molar-refractivity contribution in [2.45, 2.75) is 38.5 Å². The van der Waals surface area contributed by atoms with Crippen LogP contribution in [0.25, 0.3) is 5.52 Å². The summed E-state index contributed by atoms with van der Waals surface area (Å²) in [6, 6.07) is 4.31. The van der Waals surface area contributed by atoms with Gasteiger partial charge in [-0.25, -0.2) is 4.52 Å². The molecule has 134 valence electrons. The van der Waals surface area contributed by atoms with Crippen molar-refractivity contribution in [1.29, 1.82) is 0 Å². The molecule has 0 bridgehead atoms. The van der Waals surface area contributed by atoms with Crippen LogP contribution >= 0.6 is 0 Å². The number of carbonyl (C=O) groups excluding carboxylic acids is 1. The number of nitrogens with one attached hydrogen (secondary N) is 2. The van der Waals surface area contributed by atoms with Crippen LogP contribution in [0.2, 0.25) is 0 Å². The van der Waals surface area contributed by atoms with E-state index in [1.165, 1.54) is 24.8 Å². The van der Waals surface area contributed by atoms with Crippen LogP contribution < -0.4 is 15.5 Å². The number of rotatable bonds is 3. The van der Waals surface area contributed by atoms with Crippen molar-refractivity contribution in [3.05, 3.63) is 30.1 Å². The number of hydrogen-bond acceptors (Lipinski definition) is 5. The Morgan fingerprint density at radius 1 is 1.32 bits per heavy atom. The lowest BCUT2D eigenvalue weighted by atomic mass is 9.93. The molecule has 0 saturated carbocycles. The smallest absolute Gasteiger partial charge is 0.225 e. The zero-order valence-electron chi connectivity index (χ0n) is 14.3. The third kappa shape index (κ3) is 3.48. The van der Waals surface area contributed by atoms with Crippen LogP contribution in [0.1, 0.15) is 31.2 Å². The molecule has 0 spiro atoms. The van der Waals surface area contributed by atoms with Crippen molar-refractivity contribution in [3.63, 3.8) is 0 Å². The van der Waals surface area contributed by atoms with E-state index in [1.807, 2.05) is 10.7 Å². The van der Waals surface area contributed by atoms with Gasteiger partial charge in [0.1, 0.15) is 0 Å². The molecular formula is C18H25N5O2. The molecule has 4 heterocycles. The Labute approximate surface area is 147 Å². The molecule has 2 atom stereocenters. The van der Waals surface area contributed by atoms with Gasteiger partial charge in [0.15, 0.2) is 0 Å². The Morgan fingerprint density at radius 2 is 2.24 bits per heavy atom. The minimum Gasteiger partial charge on any atom is -0.356 e. The van der Waals surface area contributed by atoms with Gasteiger partial charge in [0, 0.05) is 19.2 Å². The molecule has 4 rings (SSSR count). The second-order valence-corrected chi connectivity index (χ2v) is 7.03. The number of hydrogen-bond donors (Lipinski definition) is 3. The predicted octanol–water partition coefficient (Wildman–Crippen LogP) is 0.869. The van der Waals surface area contributed by atoms with Crippen LogP contribution in [0, 0.1) is 5.92 Å². The maximum Gasteiger partial charge on any atom is 0.225 e. The molecule has 2 aliphatic heterocycles. The van der Waals surface area contributed by atoms with Gasteiger partial charge in [-0.05, 0) is 62.4 Å². The van der Waals surface area contributed by atoms with Crippen LogP contribution in [0.5, 0.6) is 0 Å². The molecule has 0 aromatic carbocycles. The molecule has 25 heavy (non-hydrogen) atoms. The first kappa shape index (κ1) is 16.4. The second-order valence-electron chi connectivity index (χ2n) is 7.03. The minimum atomic E-state index is -0.995. The summed E-state index contributed by atoms with van der Waals surface area (Å²) >= 11 is 0. The highest BCUT2D eigenvalue weighted by Gasteiger charge is 2.26. The highest BCUT2D eigenvalue weighted by molar-refractivity contribution is 5.81. The summed E-state index contributed by atoms with van der Waals surface area (Å²) in [5, 5.41) is 20.6. The molecule has 2 aromatic heterocycles. The average molecular weight is 343 g/mol. The number of nitrogens with zero attached hydrogens (tertiary/aromatic N) is 3. The highest BCUT2D eigenvalue weighted by Crippen LogP contribution is 2.27. The molecule has 2 fully saturated rings. The Morgan fingerprint density at radius 3 is 3.12 bits per heavy atom. The zero-order valence-corrected chi connectivity index (χ0v) is 14.3. The fourth-order valence-electron chi connectivity index (χ4n) is 3.88. The predicted molar refractivity (Wildman–Crippen MR) is 95.2 cm³/mol. The molecule has 7 heteroatoms. The van der Waals surface area contributed by atoms with Gasteiger partial charge in [-0.15, -0.1) is 0 Å². The van der Waals surface area contributed by atoms with Crippen molar-refractivity contribution in [1.82, 2.24) is 20.2 Å². The zero-order chi connectivity index (χ0) is 17.2. The lowest BCUT2D eigenvalue weighted by molar-refractivity contribution is -0.125. The van der Waals surface area contributed by atoms with Gasteiger partial charge in [0.2, 0.25) is 12.3 Å². The van der Waals surface area contributed by atoms with E-state index < -0.39 is 6.35 Å². The van der Waals surface area contributed by atoms with Gasteiger partial charge in [0.25, 0.3) is 0 Å². The Bertz CT molecular complexity index is 751. The number of aliphatic hydroxyl groups excluding tert-OH is 1.